The van der Waals surface area contributed by atoms with Crippen LogP contribution in [0.5, 0.6) is 0 Å². The molecule has 1 rings (SSSR count). The molecule has 9 heavy (non-hydrogen) atoms. The highest BCUT2D eigenvalue weighted by molar-refractivity contribution is 5.58. The fraction of sp³-hybridized carbons (Fsp3) is 0.800. The normalized spacial score (nSPS) is 32.4. The van der Waals surface area contributed by atoms with Gasteiger partial charge in [-0.25, -0.2) is 8.78 Å². The van der Waals surface area contributed by atoms with Crippen LogP contribution in [-0.2, 0) is 4.79 Å². The molecule has 1 N–H and O–H groups in total. The Labute approximate surface area is 51.2 Å². The molecular formula is C5H7F2NO. The standard InChI is InChI=1S/C5H7F2NO/c6-5(7)1-4(2-9)8-3-5/h2,4,8H,1,3H2/t4-/m1/s1. The molecule has 1 aliphatic heterocycles. The molecule has 52 valence electrons. The van der Waals surface area contributed by atoms with Crippen molar-refractivity contribution in [3.8, 4) is 0 Å². The lowest BCUT2D eigenvalue weighted by atomic mass is 10.2. The monoisotopic (exact) mass is 135 g/mol. The fourth-order valence-electron chi connectivity index (χ4n) is 0.843. The molecule has 0 aromatic carbocycles. The predicted octanol–water partition coefficient (Wildman–Crippen LogP) is 0.182. The van der Waals surface area contributed by atoms with E-state index in [0.717, 1.165) is 0 Å². The van der Waals surface area contributed by atoms with Gasteiger partial charge in [0.1, 0.15) is 6.29 Å². The lowest BCUT2D eigenvalue weighted by Crippen LogP contribution is -2.23. The summed E-state index contributed by atoms with van der Waals surface area (Å²) in [5.41, 5.74) is 0. The van der Waals surface area contributed by atoms with Crippen molar-refractivity contribution in [3.63, 3.8) is 0 Å². The Balaban J connectivity index is 2.47. The van der Waals surface area contributed by atoms with E-state index in [4.69, 9.17) is 0 Å². The van der Waals surface area contributed by atoms with Crippen LogP contribution in [0.15, 0.2) is 0 Å². The second-order valence-electron chi connectivity index (χ2n) is 2.18. The van der Waals surface area contributed by atoms with E-state index < -0.39 is 12.0 Å². The molecule has 0 aliphatic carbocycles. The highest BCUT2D eigenvalue weighted by Crippen LogP contribution is 2.23. The van der Waals surface area contributed by atoms with Crippen LogP contribution in [0.25, 0.3) is 0 Å². The zero-order chi connectivity index (χ0) is 6.91. The van der Waals surface area contributed by atoms with Crippen molar-refractivity contribution in [1.29, 1.82) is 0 Å². The predicted molar refractivity (Wildman–Crippen MR) is 27.4 cm³/mol. The molecule has 0 unspecified atom stereocenters. The average molecular weight is 135 g/mol. The molecule has 1 aliphatic rings. The van der Waals surface area contributed by atoms with Crippen molar-refractivity contribution >= 4 is 6.29 Å². The molecule has 0 radical (unpaired) electrons. The summed E-state index contributed by atoms with van der Waals surface area (Å²) in [7, 11) is 0. The van der Waals surface area contributed by atoms with Gasteiger partial charge in [-0.1, -0.05) is 0 Å². The SMILES string of the molecule is O=C[C@H]1CC(F)(F)CN1. The minimum Gasteiger partial charge on any atom is -0.302 e. The number of aldehydes is 1. The molecule has 1 fully saturated rings. The summed E-state index contributed by atoms with van der Waals surface area (Å²) in [5.74, 6) is -2.68. The maximum Gasteiger partial charge on any atom is 0.262 e. The average Bonchev–Trinajstić information content (AvgIpc) is 2.10. The van der Waals surface area contributed by atoms with Gasteiger partial charge in [0.2, 0.25) is 0 Å². The molecule has 2 nitrogen and oxygen atoms in total. The van der Waals surface area contributed by atoms with Crippen LogP contribution in [0.2, 0.25) is 0 Å². The van der Waals surface area contributed by atoms with Gasteiger partial charge in [-0.05, 0) is 0 Å². The van der Waals surface area contributed by atoms with Crippen molar-refractivity contribution in [1.82, 2.24) is 5.32 Å². The van der Waals surface area contributed by atoms with Crippen LogP contribution in [0.3, 0.4) is 0 Å². The molecule has 0 saturated carbocycles. The Hall–Kier alpha value is -0.510. The van der Waals surface area contributed by atoms with E-state index in [-0.39, 0.29) is 13.0 Å². The summed E-state index contributed by atoms with van der Waals surface area (Å²) < 4.78 is 24.3. The van der Waals surface area contributed by atoms with Crippen molar-refractivity contribution in [2.45, 2.75) is 18.4 Å². The molecule has 1 saturated heterocycles. The lowest BCUT2D eigenvalue weighted by molar-refractivity contribution is -0.109. The van der Waals surface area contributed by atoms with Crippen molar-refractivity contribution in [3.05, 3.63) is 0 Å². The van der Waals surface area contributed by atoms with Crippen LogP contribution < -0.4 is 5.32 Å². The topological polar surface area (TPSA) is 29.1 Å². The molecule has 0 aromatic rings. The minimum absolute atomic E-state index is 0.351. The lowest BCUT2D eigenvalue weighted by Gasteiger charge is -2.02. The molecule has 1 heterocycles. The first kappa shape index (κ1) is 6.61. The number of halogens is 2. The highest BCUT2D eigenvalue weighted by Gasteiger charge is 2.38. The third-order valence-electron chi connectivity index (χ3n) is 1.31. The summed E-state index contributed by atoms with van der Waals surface area (Å²) in [6.45, 7) is -0.365. The Morgan fingerprint density at radius 3 is 2.56 bits per heavy atom. The van der Waals surface area contributed by atoms with E-state index in [2.05, 4.69) is 5.32 Å². The minimum atomic E-state index is -2.68. The van der Waals surface area contributed by atoms with Crippen LogP contribution in [0, 0.1) is 0 Å². The molecular weight excluding hydrogens is 128 g/mol. The van der Waals surface area contributed by atoms with Crippen LogP contribution in [0.4, 0.5) is 8.78 Å². The van der Waals surface area contributed by atoms with E-state index in [1.165, 1.54) is 0 Å². The Morgan fingerprint density at radius 2 is 2.33 bits per heavy atom. The Morgan fingerprint density at radius 1 is 1.67 bits per heavy atom. The molecule has 0 spiro atoms. The summed E-state index contributed by atoms with van der Waals surface area (Å²) in [6.07, 6.45) is 0.164. The zero-order valence-electron chi connectivity index (χ0n) is 4.73. The van der Waals surface area contributed by atoms with Gasteiger partial charge in [-0.3, -0.25) is 0 Å². The quantitative estimate of drug-likeness (QED) is 0.520. The number of rotatable bonds is 1. The van der Waals surface area contributed by atoms with Gasteiger partial charge in [0, 0.05) is 6.42 Å². The van der Waals surface area contributed by atoms with Gasteiger partial charge in [0.25, 0.3) is 5.92 Å². The fourth-order valence-corrected chi connectivity index (χ4v) is 0.843. The largest absolute Gasteiger partial charge is 0.302 e. The van der Waals surface area contributed by atoms with Gasteiger partial charge < -0.3 is 10.1 Å². The maximum atomic E-state index is 12.2. The smallest absolute Gasteiger partial charge is 0.262 e. The van der Waals surface area contributed by atoms with Gasteiger partial charge in [-0.15, -0.1) is 0 Å². The van der Waals surface area contributed by atoms with E-state index in [0.29, 0.717) is 6.29 Å². The first-order chi connectivity index (χ1) is 4.14. The molecule has 1 atom stereocenters. The van der Waals surface area contributed by atoms with Crippen LogP contribution in [-0.4, -0.2) is 24.8 Å². The first-order valence-corrected chi connectivity index (χ1v) is 2.70. The highest BCUT2D eigenvalue weighted by atomic mass is 19.3. The Bertz CT molecular complexity index is 126. The summed E-state index contributed by atoms with van der Waals surface area (Å²) in [5, 5.41) is 2.38. The molecule has 0 amide bonds. The Kier molecular flexibility index (Phi) is 1.48. The summed E-state index contributed by atoms with van der Waals surface area (Å²) in [4.78, 5) is 9.90. The van der Waals surface area contributed by atoms with Gasteiger partial charge in [0.05, 0.1) is 12.6 Å². The van der Waals surface area contributed by atoms with Crippen molar-refractivity contribution in [2.24, 2.45) is 0 Å². The number of nitrogens with one attached hydrogen (secondary N) is 1. The number of carbonyl (C=O) groups is 1. The van der Waals surface area contributed by atoms with E-state index >= 15 is 0 Å². The van der Waals surface area contributed by atoms with Crippen molar-refractivity contribution in [2.75, 3.05) is 6.54 Å². The first-order valence-electron chi connectivity index (χ1n) is 2.70. The maximum absolute atomic E-state index is 12.2. The number of hydrogen-bond acceptors (Lipinski definition) is 2. The van der Waals surface area contributed by atoms with Crippen molar-refractivity contribution < 1.29 is 13.6 Å². The van der Waals surface area contributed by atoms with Crippen LogP contribution >= 0.6 is 0 Å². The van der Waals surface area contributed by atoms with E-state index in [1.54, 1.807) is 0 Å². The second-order valence-corrected chi connectivity index (χ2v) is 2.18. The number of hydrogen-bond donors (Lipinski definition) is 1. The molecule has 0 aromatic heterocycles. The second kappa shape index (κ2) is 2.02. The number of carbonyl (C=O) groups excluding carboxylic acids is 1. The third kappa shape index (κ3) is 1.45. The molecule has 0 bridgehead atoms. The summed E-state index contributed by atoms with van der Waals surface area (Å²) >= 11 is 0. The number of alkyl halides is 2. The zero-order valence-corrected chi connectivity index (χ0v) is 4.73. The van der Waals surface area contributed by atoms with Gasteiger partial charge in [0.15, 0.2) is 0 Å². The van der Waals surface area contributed by atoms with E-state index in [1.807, 2.05) is 0 Å². The van der Waals surface area contributed by atoms with Gasteiger partial charge >= 0.3 is 0 Å². The van der Waals surface area contributed by atoms with Gasteiger partial charge in [-0.2, -0.15) is 0 Å². The molecule has 4 heteroatoms. The summed E-state index contributed by atoms with van der Waals surface area (Å²) in [6, 6.07) is -0.639. The van der Waals surface area contributed by atoms with Crippen LogP contribution in [0.1, 0.15) is 6.42 Å². The van der Waals surface area contributed by atoms with E-state index in [9.17, 15) is 13.6 Å². The third-order valence-corrected chi connectivity index (χ3v) is 1.31.